The number of halogens is 1. The molecule has 244 valence electrons. The average molecular weight is 665 g/mol. The van der Waals surface area contributed by atoms with Gasteiger partial charge in [0, 0.05) is 18.5 Å². The summed E-state index contributed by atoms with van der Waals surface area (Å²) in [6, 6.07) is 47.6. The van der Waals surface area contributed by atoms with Gasteiger partial charge in [0.1, 0.15) is 5.82 Å². The quantitative estimate of drug-likeness (QED) is 0.132. The van der Waals surface area contributed by atoms with Crippen molar-refractivity contribution in [2.75, 3.05) is 0 Å². The van der Waals surface area contributed by atoms with E-state index in [0.717, 1.165) is 64.0 Å². The normalized spacial score (nSPS) is 11.6. The number of hydrogen-bond acceptors (Lipinski definition) is 5. The summed E-state index contributed by atoms with van der Waals surface area (Å²) in [6.45, 7) is 2.45. The number of nitrogens with zero attached hydrogens (tertiary/aromatic N) is 6. The first kappa shape index (κ1) is 32.2. The smallest absolute Gasteiger partial charge is 0.205 e. The molecule has 0 radical (unpaired) electrons. The highest BCUT2D eigenvalue weighted by Crippen LogP contribution is 2.40. The van der Waals surface area contributed by atoms with Crippen molar-refractivity contribution in [3.8, 4) is 22.5 Å². The molecule has 7 aromatic rings. The van der Waals surface area contributed by atoms with Crippen LogP contribution in [0.4, 0.5) is 0 Å². The van der Waals surface area contributed by atoms with Crippen LogP contribution in [0.3, 0.4) is 0 Å². The van der Waals surface area contributed by atoms with E-state index < -0.39 is 5.54 Å². The topological polar surface area (TPSA) is 81.7 Å². The second-order valence-electron chi connectivity index (χ2n) is 12.1. The number of aliphatic hydroxyl groups is 1. The second-order valence-corrected chi connectivity index (χ2v) is 12.4. The van der Waals surface area contributed by atoms with Crippen molar-refractivity contribution in [2.24, 2.45) is 0 Å². The molecule has 8 heteroatoms. The molecule has 0 saturated carbocycles. The minimum Gasteiger partial charge on any atom is -0.390 e. The first-order chi connectivity index (χ1) is 24.1. The fraction of sp³-hybridized carbons (Fsp3) is 0.171. The Morgan fingerprint density at radius 3 is 1.84 bits per heavy atom. The maximum Gasteiger partial charge on any atom is 0.205 e. The standard InChI is InChI=1S/C41H37ClN6O/c1-2-3-24-38-43-39(42)37(29-49)47(38)28-30-25-26-35(31-16-8-4-9-17-31)36(27-30)40-44-46-48(45-40)41(32-18-10-5-11-19-32,33-20-12-6-13-21-33)34-22-14-7-15-23-34/h4-23,25-27,49H,2-3,24,28-29H2,1H3. The molecule has 2 heterocycles. The van der Waals surface area contributed by atoms with E-state index in [1.165, 1.54) is 0 Å². The fourth-order valence-electron chi connectivity index (χ4n) is 6.64. The Kier molecular flexibility index (Phi) is 9.46. The summed E-state index contributed by atoms with van der Waals surface area (Å²) in [7, 11) is 0. The lowest BCUT2D eigenvalue weighted by atomic mass is 9.77. The zero-order chi connectivity index (χ0) is 33.6. The Morgan fingerprint density at radius 1 is 0.714 bits per heavy atom. The van der Waals surface area contributed by atoms with Crippen molar-refractivity contribution in [3.05, 3.63) is 178 Å². The summed E-state index contributed by atoms with van der Waals surface area (Å²) in [6.07, 6.45) is 2.80. The van der Waals surface area contributed by atoms with Gasteiger partial charge >= 0.3 is 0 Å². The second kappa shape index (κ2) is 14.4. The van der Waals surface area contributed by atoms with Crippen LogP contribution in [-0.4, -0.2) is 34.9 Å². The molecular weight excluding hydrogens is 628 g/mol. The monoisotopic (exact) mass is 664 g/mol. The number of aliphatic hydroxyl groups excluding tert-OH is 1. The van der Waals surface area contributed by atoms with E-state index in [1.807, 2.05) is 77.4 Å². The predicted molar refractivity (Wildman–Crippen MR) is 194 cm³/mol. The molecule has 5 aromatic carbocycles. The Hall–Kier alpha value is -5.37. The number of tetrazole rings is 1. The van der Waals surface area contributed by atoms with E-state index in [0.29, 0.717) is 23.2 Å². The van der Waals surface area contributed by atoms with Gasteiger partial charge in [-0.15, -0.1) is 15.0 Å². The third-order valence-electron chi connectivity index (χ3n) is 9.05. The molecule has 0 aliphatic heterocycles. The van der Waals surface area contributed by atoms with Crippen molar-refractivity contribution in [1.82, 2.24) is 29.8 Å². The van der Waals surface area contributed by atoms with Crippen LogP contribution < -0.4 is 0 Å². The van der Waals surface area contributed by atoms with E-state index in [4.69, 9.17) is 27.0 Å². The summed E-state index contributed by atoms with van der Waals surface area (Å²) >= 11 is 6.50. The van der Waals surface area contributed by atoms with Crippen molar-refractivity contribution < 1.29 is 5.11 Å². The molecule has 0 fully saturated rings. The number of rotatable bonds is 12. The van der Waals surface area contributed by atoms with Crippen LogP contribution in [0.2, 0.25) is 5.15 Å². The summed E-state index contributed by atoms with van der Waals surface area (Å²) in [5.41, 5.74) is 6.67. The third-order valence-corrected chi connectivity index (χ3v) is 9.35. The van der Waals surface area contributed by atoms with Crippen LogP contribution >= 0.6 is 11.6 Å². The number of hydrogen-bond donors (Lipinski definition) is 1. The van der Waals surface area contributed by atoms with Gasteiger partial charge in [-0.05, 0) is 51.1 Å². The summed E-state index contributed by atoms with van der Waals surface area (Å²) in [5.74, 6) is 1.37. The Labute approximate surface area is 291 Å². The molecule has 2 aromatic heterocycles. The van der Waals surface area contributed by atoms with Crippen molar-refractivity contribution >= 4 is 11.6 Å². The molecule has 1 N–H and O–H groups in total. The maximum atomic E-state index is 10.2. The Morgan fingerprint density at radius 2 is 1.29 bits per heavy atom. The minimum absolute atomic E-state index is 0.191. The SMILES string of the molecule is CCCCc1nc(Cl)c(CO)n1Cc1ccc(-c2ccccc2)c(-c2nnn(C(c3ccccc3)(c3ccccc3)c3ccccc3)n2)c1. The number of unbranched alkanes of at least 4 members (excludes halogenated alkanes) is 1. The summed E-state index contributed by atoms with van der Waals surface area (Å²) in [5, 5.41) is 25.4. The zero-order valence-electron chi connectivity index (χ0n) is 27.3. The van der Waals surface area contributed by atoms with Gasteiger partial charge in [-0.25, -0.2) is 4.98 Å². The number of imidazole rings is 1. The highest BCUT2D eigenvalue weighted by atomic mass is 35.5. The highest BCUT2D eigenvalue weighted by molar-refractivity contribution is 6.30. The Bertz CT molecular complexity index is 2030. The molecule has 7 nitrogen and oxygen atoms in total. The molecule has 0 aliphatic rings. The molecule has 0 amide bonds. The Balaban J connectivity index is 1.41. The van der Waals surface area contributed by atoms with Crippen LogP contribution in [0.25, 0.3) is 22.5 Å². The van der Waals surface area contributed by atoms with Crippen LogP contribution in [0.15, 0.2) is 140 Å². The summed E-state index contributed by atoms with van der Waals surface area (Å²) in [4.78, 5) is 6.36. The van der Waals surface area contributed by atoms with E-state index in [-0.39, 0.29) is 6.61 Å². The minimum atomic E-state index is -0.892. The lowest BCUT2D eigenvalue weighted by Crippen LogP contribution is -2.39. The van der Waals surface area contributed by atoms with Gasteiger partial charge in [0.05, 0.1) is 12.3 Å². The third kappa shape index (κ3) is 6.19. The van der Waals surface area contributed by atoms with Gasteiger partial charge in [-0.3, -0.25) is 0 Å². The fourth-order valence-corrected chi connectivity index (χ4v) is 6.90. The molecule has 7 rings (SSSR count). The van der Waals surface area contributed by atoms with Crippen LogP contribution in [0, 0.1) is 0 Å². The van der Waals surface area contributed by atoms with Crippen LogP contribution in [0.5, 0.6) is 0 Å². The van der Waals surface area contributed by atoms with E-state index in [9.17, 15) is 5.11 Å². The largest absolute Gasteiger partial charge is 0.390 e. The van der Waals surface area contributed by atoms with Gasteiger partial charge in [-0.2, -0.15) is 0 Å². The van der Waals surface area contributed by atoms with Crippen LogP contribution in [-0.2, 0) is 25.1 Å². The molecule has 0 unspecified atom stereocenters. The van der Waals surface area contributed by atoms with Gasteiger partial charge in [0.2, 0.25) is 5.82 Å². The molecule has 0 spiro atoms. The highest BCUT2D eigenvalue weighted by Gasteiger charge is 2.41. The van der Waals surface area contributed by atoms with E-state index >= 15 is 0 Å². The van der Waals surface area contributed by atoms with Gasteiger partial charge in [-0.1, -0.05) is 158 Å². The number of aromatic nitrogens is 6. The van der Waals surface area contributed by atoms with E-state index in [2.05, 4.69) is 78.6 Å². The lowest BCUT2D eigenvalue weighted by molar-refractivity contribution is 0.271. The number of benzene rings is 5. The van der Waals surface area contributed by atoms with Crippen molar-refractivity contribution in [1.29, 1.82) is 0 Å². The molecular formula is C41H37ClN6O. The van der Waals surface area contributed by atoms with Gasteiger partial charge in [0.15, 0.2) is 10.7 Å². The predicted octanol–water partition coefficient (Wildman–Crippen LogP) is 8.58. The van der Waals surface area contributed by atoms with Crippen LogP contribution in [0.1, 0.15) is 53.5 Å². The molecule has 0 atom stereocenters. The summed E-state index contributed by atoms with van der Waals surface area (Å²) < 4.78 is 2.04. The first-order valence-corrected chi connectivity index (χ1v) is 17.0. The van der Waals surface area contributed by atoms with Crippen molar-refractivity contribution in [3.63, 3.8) is 0 Å². The average Bonchev–Trinajstić information content (AvgIpc) is 3.77. The van der Waals surface area contributed by atoms with Crippen molar-refractivity contribution in [2.45, 2.75) is 44.9 Å². The molecule has 0 aliphatic carbocycles. The molecule has 0 bridgehead atoms. The zero-order valence-corrected chi connectivity index (χ0v) is 28.1. The number of aryl methyl sites for hydroxylation is 1. The van der Waals surface area contributed by atoms with E-state index in [1.54, 1.807) is 4.80 Å². The lowest BCUT2D eigenvalue weighted by Gasteiger charge is -2.34. The van der Waals surface area contributed by atoms with Gasteiger partial charge < -0.3 is 9.67 Å². The maximum absolute atomic E-state index is 10.2. The molecule has 49 heavy (non-hydrogen) atoms. The molecule has 0 saturated heterocycles. The first-order valence-electron chi connectivity index (χ1n) is 16.6. The van der Waals surface area contributed by atoms with Gasteiger partial charge in [0.25, 0.3) is 0 Å².